The number of hydrogen-bond acceptors (Lipinski definition) is 4. The SMILES string of the molecule is Cc1cc(O)c(C(C)C)cc1C(=O)c1cnc2ccccc2n1. The molecule has 0 saturated heterocycles. The number of carbonyl (C=O) groups is 1. The smallest absolute Gasteiger partial charge is 0.213 e. The number of phenols is 1. The number of carbonyl (C=O) groups excluding carboxylic acids is 1. The van der Waals surface area contributed by atoms with Gasteiger partial charge in [-0.1, -0.05) is 26.0 Å². The summed E-state index contributed by atoms with van der Waals surface area (Å²) in [4.78, 5) is 21.5. The third-order valence-corrected chi connectivity index (χ3v) is 3.92. The van der Waals surface area contributed by atoms with Gasteiger partial charge in [0.15, 0.2) is 0 Å². The van der Waals surface area contributed by atoms with E-state index < -0.39 is 0 Å². The topological polar surface area (TPSA) is 63.1 Å². The second-order valence-electron chi connectivity index (χ2n) is 5.95. The molecule has 0 unspecified atom stereocenters. The number of ketones is 1. The summed E-state index contributed by atoms with van der Waals surface area (Å²) in [6.45, 7) is 5.77. The molecule has 0 bridgehead atoms. The average Bonchev–Trinajstić information content (AvgIpc) is 2.53. The van der Waals surface area contributed by atoms with Crippen LogP contribution in [0.4, 0.5) is 0 Å². The van der Waals surface area contributed by atoms with Gasteiger partial charge in [-0.05, 0) is 48.2 Å². The largest absolute Gasteiger partial charge is 0.508 e. The van der Waals surface area contributed by atoms with Crippen LogP contribution in [0.25, 0.3) is 11.0 Å². The average molecular weight is 306 g/mol. The number of para-hydroxylation sites is 2. The molecule has 0 aliphatic rings. The van der Waals surface area contributed by atoms with Crippen LogP contribution < -0.4 is 0 Å². The van der Waals surface area contributed by atoms with Crippen molar-refractivity contribution in [1.29, 1.82) is 0 Å². The molecule has 0 fully saturated rings. The Hall–Kier alpha value is -2.75. The zero-order valence-electron chi connectivity index (χ0n) is 13.4. The number of nitrogens with zero attached hydrogens (tertiary/aromatic N) is 2. The van der Waals surface area contributed by atoms with Gasteiger partial charge >= 0.3 is 0 Å². The number of hydrogen-bond donors (Lipinski definition) is 1. The molecule has 3 aromatic rings. The quantitative estimate of drug-likeness (QED) is 0.743. The van der Waals surface area contributed by atoms with Crippen LogP contribution >= 0.6 is 0 Å². The monoisotopic (exact) mass is 306 g/mol. The lowest BCUT2D eigenvalue weighted by molar-refractivity contribution is 0.103. The van der Waals surface area contributed by atoms with E-state index in [0.717, 1.165) is 16.6 Å². The van der Waals surface area contributed by atoms with Crippen molar-refractivity contribution in [3.63, 3.8) is 0 Å². The summed E-state index contributed by atoms with van der Waals surface area (Å²) in [7, 11) is 0. The van der Waals surface area contributed by atoms with Gasteiger partial charge in [-0.3, -0.25) is 9.78 Å². The molecule has 0 atom stereocenters. The van der Waals surface area contributed by atoms with Gasteiger partial charge in [0.2, 0.25) is 5.78 Å². The van der Waals surface area contributed by atoms with Gasteiger partial charge in [0.25, 0.3) is 0 Å². The summed E-state index contributed by atoms with van der Waals surface area (Å²) in [5.74, 6) is 0.172. The maximum absolute atomic E-state index is 12.8. The van der Waals surface area contributed by atoms with E-state index in [1.807, 2.05) is 45.0 Å². The van der Waals surface area contributed by atoms with E-state index in [2.05, 4.69) is 9.97 Å². The van der Waals surface area contributed by atoms with Crippen LogP contribution in [-0.2, 0) is 0 Å². The van der Waals surface area contributed by atoms with Crippen molar-refractivity contribution in [1.82, 2.24) is 9.97 Å². The molecule has 2 aromatic carbocycles. The Balaban J connectivity index is 2.09. The molecule has 0 radical (unpaired) electrons. The van der Waals surface area contributed by atoms with Gasteiger partial charge in [0, 0.05) is 5.56 Å². The summed E-state index contributed by atoms with van der Waals surface area (Å²) >= 11 is 0. The Labute approximate surface area is 134 Å². The molecule has 0 amide bonds. The predicted molar refractivity (Wildman–Crippen MR) is 89.9 cm³/mol. The first-order chi connectivity index (χ1) is 11.0. The number of aromatic nitrogens is 2. The van der Waals surface area contributed by atoms with Crippen molar-refractivity contribution in [2.45, 2.75) is 26.7 Å². The highest BCUT2D eigenvalue weighted by atomic mass is 16.3. The van der Waals surface area contributed by atoms with Crippen molar-refractivity contribution in [3.8, 4) is 5.75 Å². The minimum absolute atomic E-state index is 0.129. The first-order valence-corrected chi connectivity index (χ1v) is 7.57. The van der Waals surface area contributed by atoms with Crippen LogP contribution in [-0.4, -0.2) is 20.9 Å². The molecule has 4 heteroatoms. The van der Waals surface area contributed by atoms with Gasteiger partial charge in [-0.25, -0.2) is 4.98 Å². The van der Waals surface area contributed by atoms with E-state index in [4.69, 9.17) is 0 Å². The first-order valence-electron chi connectivity index (χ1n) is 7.57. The molecule has 4 nitrogen and oxygen atoms in total. The second-order valence-corrected chi connectivity index (χ2v) is 5.95. The Bertz CT molecular complexity index is 901. The Morgan fingerprint density at radius 1 is 1.13 bits per heavy atom. The molecule has 3 rings (SSSR count). The lowest BCUT2D eigenvalue weighted by Gasteiger charge is -2.13. The molecule has 1 aromatic heterocycles. The number of rotatable bonds is 3. The highest BCUT2D eigenvalue weighted by Crippen LogP contribution is 2.29. The molecule has 0 spiro atoms. The number of aryl methyl sites for hydroxylation is 1. The summed E-state index contributed by atoms with van der Waals surface area (Å²) in [6.07, 6.45) is 1.51. The fourth-order valence-corrected chi connectivity index (χ4v) is 2.62. The van der Waals surface area contributed by atoms with E-state index in [1.54, 1.807) is 12.1 Å². The standard InChI is InChI=1S/C19H18N2O2/c1-11(2)13-9-14(12(3)8-18(13)22)19(23)17-10-20-15-6-4-5-7-16(15)21-17/h4-11,22H,1-3H3. The van der Waals surface area contributed by atoms with Crippen LogP contribution in [0, 0.1) is 6.92 Å². The maximum Gasteiger partial charge on any atom is 0.213 e. The highest BCUT2D eigenvalue weighted by Gasteiger charge is 2.18. The first kappa shape index (κ1) is 15.2. The van der Waals surface area contributed by atoms with Crippen molar-refractivity contribution in [3.05, 3.63) is 65.0 Å². The van der Waals surface area contributed by atoms with Crippen LogP contribution in [0.5, 0.6) is 5.75 Å². The van der Waals surface area contributed by atoms with Crippen molar-refractivity contribution in [2.24, 2.45) is 0 Å². The van der Waals surface area contributed by atoms with Crippen LogP contribution in [0.15, 0.2) is 42.6 Å². The lowest BCUT2D eigenvalue weighted by Crippen LogP contribution is -2.08. The molecule has 0 aliphatic heterocycles. The van der Waals surface area contributed by atoms with Crippen LogP contribution in [0.3, 0.4) is 0 Å². The minimum atomic E-state index is -0.178. The third-order valence-electron chi connectivity index (χ3n) is 3.92. The predicted octanol–water partition coefficient (Wildman–Crippen LogP) is 4.00. The molecule has 0 aliphatic carbocycles. The number of benzene rings is 2. The van der Waals surface area contributed by atoms with Gasteiger partial charge in [0.1, 0.15) is 11.4 Å². The third kappa shape index (κ3) is 2.80. The normalized spacial score (nSPS) is 11.1. The summed E-state index contributed by atoms with van der Waals surface area (Å²) in [5.41, 5.74) is 3.80. The van der Waals surface area contributed by atoms with Gasteiger partial charge in [0.05, 0.1) is 17.2 Å². The van der Waals surface area contributed by atoms with Gasteiger partial charge in [-0.2, -0.15) is 0 Å². The van der Waals surface area contributed by atoms with Crippen LogP contribution in [0.1, 0.15) is 46.9 Å². The van der Waals surface area contributed by atoms with E-state index in [0.29, 0.717) is 16.8 Å². The highest BCUT2D eigenvalue weighted by molar-refractivity contribution is 6.09. The van der Waals surface area contributed by atoms with Gasteiger partial charge < -0.3 is 5.11 Å². The van der Waals surface area contributed by atoms with E-state index in [1.165, 1.54) is 6.20 Å². The molecule has 23 heavy (non-hydrogen) atoms. The summed E-state index contributed by atoms with van der Waals surface area (Å²) < 4.78 is 0. The maximum atomic E-state index is 12.8. The van der Waals surface area contributed by atoms with Crippen molar-refractivity contribution >= 4 is 16.8 Å². The molecule has 1 heterocycles. The molecular formula is C19H18N2O2. The van der Waals surface area contributed by atoms with Crippen molar-refractivity contribution < 1.29 is 9.90 Å². The zero-order valence-corrected chi connectivity index (χ0v) is 13.4. The van der Waals surface area contributed by atoms with E-state index in [-0.39, 0.29) is 17.5 Å². The van der Waals surface area contributed by atoms with Crippen molar-refractivity contribution in [2.75, 3.05) is 0 Å². The Kier molecular flexibility index (Phi) is 3.82. The Morgan fingerprint density at radius 2 is 1.83 bits per heavy atom. The fraction of sp³-hybridized carbons (Fsp3) is 0.211. The number of aromatic hydroxyl groups is 1. The van der Waals surface area contributed by atoms with E-state index in [9.17, 15) is 9.90 Å². The Morgan fingerprint density at radius 3 is 2.52 bits per heavy atom. The summed E-state index contributed by atoms with van der Waals surface area (Å²) in [5, 5.41) is 10.0. The number of fused-ring (bicyclic) bond motifs is 1. The van der Waals surface area contributed by atoms with E-state index >= 15 is 0 Å². The molecule has 1 N–H and O–H groups in total. The molecular weight excluding hydrogens is 288 g/mol. The number of phenolic OH excluding ortho intramolecular Hbond substituents is 1. The second kappa shape index (κ2) is 5.80. The molecule has 0 saturated carbocycles. The van der Waals surface area contributed by atoms with Gasteiger partial charge in [-0.15, -0.1) is 0 Å². The van der Waals surface area contributed by atoms with Crippen LogP contribution in [0.2, 0.25) is 0 Å². The lowest BCUT2D eigenvalue weighted by atomic mass is 9.94. The minimum Gasteiger partial charge on any atom is -0.508 e. The summed E-state index contributed by atoms with van der Waals surface area (Å²) in [6, 6.07) is 10.8. The molecule has 116 valence electrons. The fourth-order valence-electron chi connectivity index (χ4n) is 2.62. The zero-order chi connectivity index (χ0) is 16.6.